The lowest BCUT2D eigenvalue weighted by Gasteiger charge is -2.55. The summed E-state index contributed by atoms with van der Waals surface area (Å²) in [5.41, 5.74) is 11.8. The largest absolute Gasteiger partial charge is 0.380 e. The number of aromatic nitrogens is 3. The number of nitrogens with zero attached hydrogens (tertiary/aromatic N) is 4. The highest BCUT2D eigenvalue weighted by atomic mass is 16.5. The monoisotopic (exact) mass is 480 g/mol. The van der Waals surface area contributed by atoms with Gasteiger partial charge in [-0.2, -0.15) is 10.2 Å². The molecule has 2 aromatic heterocycles. The predicted octanol–water partition coefficient (Wildman–Crippen LogP) is 2.41. The third-order valence-electron chi connectivity index (χ3n) is 8.46. The van der Waals surface area contributed by atoms with Crippen LogP contribution in [0.5, 0.6) is 0 Å². The zero-order chi connectivity index (χ0) is 24.2. The van der Waals surface area contributed by atoms with E-state index in [0.29, 0.717) is 17.4 Å². The van der Waals surface area contributed by atoms with Crippen LogP contribution < -0.4 is 15.8 Å². The molecule has 9 heteroatoms. The number of hydrogen-bond acceptors (Lipinski definition) is 9. The summed E-state index contributed by atoms with van der Waals surface area (Å²) in [6.07, 6.45) is 5.62. The van der Waals surface area contributed by atoms with Crippen molar-refractivity contribution < 1.29 is 14.2 Å². The number of aryl methyl sites for hydroxylation is 2. The molecular weight excluding hydrogens is 444 g/mol. The molecule has 0 amide bonds. The van der Waals surface area contributed by atoms with Gasteiger partial charge in [-0.05, 0) is 56.7 Å². The molecule has 0 radical (unpaired) electrons. The second kappa shape index (κ2) is 9.05. The molecule has 4 aliphatic rings. The third-order valence-corrected chi connectivity index (χ3v) is 8.46. The minimum absolute atomic E-state index is 0.00150. The van der Waals surface area contributed by atoms with Crippen LogP contribution in [0.4, 0.5) is 5.82 Å². The Balaban J connectivity index is 1.15. The molecule has 188 valence electrons. The van der Waals surface area contributed by atoms with Crippen LogP contribution in [0.3, 0.4) is 0 Å². The fraction of sp³-hybridized carbons (Fsp3) is 0.654. The fourth-order valence-electron chi connectivity index (χ4n) is 6.54. The summed E-state index contributed by atoms with van der Waals surface area (Å²) < 4.78 is 18.0. The first kappa shape index (κ1) is 23.2. The molecule has 3 saturated heterocycles. The second-order valence-corrected chi connectivity index (χ2v) is 10.9. The topological polar surface area (TPSA) is 93.7 Å². The number of methoxy groups -OCH3 is 1. The number of ether oxygens (including phenoxy) is 3. The number of pyridine rings is 1. The maximum absolute atomic E-state index is 6.66. The van der Waals surface area contributed by atoms with Crippen LogP contribution in [-0.4, -0.2) is 66.8 Å². The Morgan fingerprint density at radius 3 is 2.60 bits per heavy atom. The van der Waals surface area contributed by atoms with Gasteiger partial charge in [0, 0.05) is 38.0 Å². The number of nitrogens with one attached hydrogen (secondary N) is 2. The van der Waals surface area contributed by atoms with E-state index in [4.69, 9.17) is 19.2 Å². The molecule has 4 fully saturated rings. The summed E-state index contributed by atoms with van der Waals surface area (Å²) in [7, 11) is 1.79. The van der Waals surface area contributed by atoms with Crippen LogP contribution in [0.25, 0.3) is 0 Å². The normalized spacial score (nSPS) is 32.1. The van der Waals surface area contributed by atoms with Crippen LogP contribution in [-0.2, 0) is 14.2 Å². The summed E-state index contributed by atoms with van der Waals surface area (Å²) in [6, 6.07) is 4.91. The van der Waals surface area contributed by atoms with Crippen molar-refractivity contribution in [3.05, 3.63) is 46.9 Å². The van der Waals surface area contributed by atoms with Crippen molar-refractivity contribution in [1.29, 1.82) is 0 Å². The Labute approximate surface area is 206 Å². The van der Waals surface area contributed by atoms with Crippen molar-refractivity contribution in [1.82, 2.24) is 26.0 Å². The summed E-state index contributed by atoms with van der Waals surface area (Å²) >= 11 is 0. The van der Waals surface area contributed by atoms with Gasteiger partial charge in [-0.3, -0.25) is 5.43 Å². The average molecular weight is 481 g/mol. The highest BCUT2D eigenvalue weighted by Crippen LogP contribution is 2.42. The molecule has 35 heavy (non-hydrogen) atoms. The van der Waals surface area contributed by atoms with Crippen molar-refractivity contribution in [3.8, 4) is 0 Å². The van der Waals surface area contributed by atoms with E-state index < -0.39 is 0 Å². The molecule has 1 aliphatic carbocycles. The van der Waals surface area contributed by atoms with E-state index in [2.05, 4.69) is 51.9 Å². The first-order valence-corrected chi connectivity index (χ1v) is 12.7. The standard InChI is InChI=1S/C26H36N6O3/c1-15-9-28-29-16(2)24(15)17(3)35-22-7-19-20(8-21(22)33-4)30-31-25(19)18-5-6-23(27-10-18)32-11-26(12-32)13-34-14-26/h5-6,9-10,17,19-22,25,30-31H,7-8,11-14H2,1-4H3/t17-,19?,20?,21?,22?,25?/m1/s1. The van der Waals surface area contributed by atoms with Crippen molar-refractivity contribution in [3.63, 3.8) is 0 Å². The molecule has 5 unspecified atom stereocenters. The van der Waals surface area contributed by atoms with E-state index in [-0.39, 0.29) is 24.4 Å². The number of fused-ring (bicyclic) bond motifs is 1. The van der Waals surface area contributed by atoms with E-state index in [9.17, 15) is 0 Å². The molecule has 9 nitrogen and oxygen atoms in total. The molecule has 0 aromatic carbocycles. The number of rotatable bonds is 6. The van der Waals surface area contributed by atoms with Gasteiger partial charge in [-0.15, -0.1) is 0 Å². The molecule has 5 heterocycles. The Morgan fingerprint density at radius 1 is 1.11 bits per heavy atom. The second-order valence-electron chi connectivity index (χ2n) is 10.9. The van der Waals surface area contributed by atoms with Crippen LogP contribution >= 0.6 is 0 Å². The highest BCUT2D eigenvalue weighted by Gasteiger charge is 2.50. The Bertz CT molecular complexity index is 1030. The lowest BCUT2D eigenvalue weighted by Crippen LogP contribution is -2.66. The first-order valence-electron chi connectivity index (χ1n) is 12.7. The summed E-state index contributed by atoms with van der Waals surface area (Å²) in [6.45, 7) is 10.1. The lowest BCUT2D eigenvalue weighted by atomic mass is 9.77. The van der Waals surface area contributed by atoms with Gasteiger partial charge < -0.3 is 19.1 Å². The van der Waals surface area contributed by atoms with Gasteiger partial charge in [0.2, 0.25) is 0 Å². The molecule has 6 rings (SSSR count). The molecule has 3 aliphatic heterocycles. The highest BCUT2D eigenvalue weighted by molar-refractivity contribution is 5.45. The summed E-state index contributed by atoms with van der Waals surface area (Å²) in [5, 5.41) is 8.32. The average Bonchev–Trinajstić information content (AvgIpc) is 3.20. The van der Waals surface area contributed by atoms with E-state index in [0.717, 1.165) is 61.8 Å². The quantitative estimate of drug-likeness (QED) is 0.646. The summed E-state index contributed by atoms with van der Waals surface area (Å²) in [4.78, 5) is 7.16. The van der Waals surface area contributed by atoms with Crippen molar-refractivity contribution in [2.75, 3.05) is 38.3 Å². The number of hydrogen-bond donors (Lipinski definition) is 2. The minimum Gasteiger partial charge on any atom is -0.380 e. The van der Waals surface area contributed by atoms with Gasteiger partial charge >= 0.3 is 0 Å². The van der Waals surface area contributed by atoms with Crippen molar-refractivity contribution in [2.45, 2.75) is 64.0 Å². The van der Waals surface area contributed by atoms with Gasteiger partial charge in [0.15, 0.2) is 0 Å². The number of hydrazine groups is 1. The summed E-state index contributed by atoms with van der Waals surface area (Å²) in [5.74, 6) is 1.45. The molecule has 6 atom stereocenters. The lowest BCUT2D eigenvalue weighted by molar-refractivity contribution is -0.127. The molecular formula is C26H36N6O3. The van der Waals surface area contributed by atoms with Crippen molar-refractivity contribution >= 4 is 5.82 Å². The van der Waals surface area contributed by atoms with Gasteiger partial charge in [-0.1, -0.05) is 6.07 Å². The van der Waals surface area contributed by atoms with Gasteiger partial charge in [-0.25, -0.2) is 10.4 Å². The zero-order valence-corrected chi connectivity index (χ0v) is 21.0. The van der Waals surface area contributed by atoms with Crippen molar-refractivity contribution in [2.24, 2.45) is 11.3 Å². The van der Waals surface area contributed by atoms with E-state index >= 15 is 0 Å². The van der Waals surface area contributed by atoms with Gasteiger partial charge in [0.25, 0.3) is 0 Å². The Hall–Kier alpha value is -2.17. The number of anilines is 1. The minimum atomic E-state index is -0.0766. The van der Waals surface area contributed by atoms with Crippen LogP contribution in [0.1, 0.15) is 54.3 Å². The van der Waals surface area contributed by atoms with Crippen LogP contribution in [0, 0.1) is 25.2 Å². The fourth-order valence-corrected chi connectivity index (χ4v) is 6.54. The molecule has 2 N–H and O–H groups in total. The molecule has 1 spiro atoms. The molecule has 0 bridgehead atoms. The predicted molar refractivity (Wildman–Crippen MR) is 131 cm³/mol. The molecule has 2 aromatic rings. The van der Waals surface area contributed by atoms with E-state index in [1.54, 1.807) is 7.11 Å². The zero-order valence-electron chi connectivity index (χ0n) is 21.0. The van der Waals surface area contributed by atoms with E-state index in [1.807, 2.05) is 19.3 Å². The molecule has 1 saturated carbocycles. The van der Waals surface area contributed by atoms with Crippen LogP contribution in [0.2, 0.25) is 0 Å². The first-order chi connectivity index (χ1) is 17.0. The third kappa shape index (κ3) is 4.13. The maximum atomic E-state index is 6.66. The van der Waals surface area contributed by atoms with Crippen LogP contribution in [0.15, 0.2) is 24.5 Å². The Morgan fingerprint density at radius 2 is 1.94 bits per heavy atom. The van der Waals surface area contributed by atoms with E-state index in [1.165, 1.54) is 5.56 Å². The van der Waals surface area contributed by atoms with Gasteiger partial charge in [0.05, 0.1) is 54.9 Å². The Kier molecular flexibility index (Phi) is 6.01. The SMILES string of the molecule is COC1CC2NNC(c3ccc(N4CC5(COC5)C4)nc3)C2CC1O[C@H](C)c1c(C)cnnc1C. The maximum Gasteiger partial charge on any atom is 0.128 e. The van der Waals surface area contributed by atoms with Gasteiger partial charge in [0.1, 0.15) is 5.82 Å². The smallest absolute Gasteiger partial charge is 0.128 e.